The molecule has 0 aliphatic heterocycles. The molecule has 0 atom stereocenters. The minimum atomic E-state index is -0.205. The molecule has 0 radical (unpaired) electrons. The highest BCUT2D eigenvalue weighted by Crippen LogP contribution is 2.24. The zero-order valence-electron chi connectivity index (χ0n) is 13.8. The van der Waals surface area contributed by atoms with Gasteiger partial charge in [-0.3, -0.25) is 4.79 Å². The summed E-state index contributed by atoms with van der Waals surface area (Å²) in [7, 11) is 0. The Hall–Kier alpha value is -1.88. The van der Waals surface area contributed by atoms with Crippen LogP contribution in [-0.4, -0.2) is 16.9 Å². The summed E-state index contributed by atoms with van der Waals surface area (Å²) >= 11 is 3.47. The molecule has 4 nitrogen and oxygen atoms in total. The lowest BCUT2D eigenvalue weighted by Gasteiger charge is -2.23. The number of halogens is 1. The average Bonchev–Trinajstić information content (AvgIpc) is 2.59. The first kappa shape index (κ1) is 17.0. The van der Waals surface area contributed by atoms with Crippen molar-refractivity contribution in [3.05, 3.63) is 52.3 Å². The van der Waals surface area contributed by atoms with Gasteiger partial charge in [-0.1, -0.05) is 25.3 Å². The van der Waals surface area contributed by atoms with Gasteiger partial charge in [0.1, 0.15) is 5.69 Å². The second kappa shape index (κ2) is 7.79. The Morgan fingerprint density at radius 3 is 2.62 bits per heavy atom. The summed E-state index contributed by atoms with van der Waals surface area (Å²) in [5, 5.41) is 6.40. The van der Waals surface area contributed by atoms with Gasteiger partial charge < -0.3 is 10.6 Å². The minimum Gasteiger partial charge on any atom is -0.381 e. The third-order valence-corrected chi connectivity index (χ3v) is 5.00. The molecule has 0 bridgehead atoms. The monoisotopic (exact) mass is 387 g/mol. The van der Waals surface area contributed by atoms with E-state index >= 15 is 0 Å². The number of hydrogen-bond donors (Lipinski definition) is 2. The van der Waals surface area contributed by atoms with Crippen molar-refractivity contribution >= 4 is 33.2 Å². The van der Waals surface area contributed by atoms with Crippen LogP contribution in [-0.2, 0) is 0 Å². The first-order valence-electron chi connectivity index (χ1n) is 8.42. The Labute approximate surface area is 151 Å². The topological polar surface area (TPSA) is 54.0 Å². The van der Waals surface area contributed by atoms with E-state index in [4.69, 9.17) is 0 Å². The van der Waals surface area contributed by atoms with E-state index in [0.29, 0.717) is 11.7 Å². The Morgan fingerprint density at radius 1 is 1.17 bits per heavy atom. The molecule has 2 aromatic rings. The van der Waals surface area contributed by atoms with Crippen molar-refractivity contribution in [2.75, 3.05) is 10.6 Å². The van der Waals surface area contributed by atoms with E-state index < -0.39 is 0 Å². The third kappa shape index (κ3) is 4.35. The molecule has 24 heavy (non-hydrogen) atoms. The van der Waals surface area contributed by atoms with Gasteiger partial charge in [0.25, 0.3) is 5.91 Å². The number of aryl methyl sites for hydroxylation is 1. The standard InChI is InChI=1S/C19H22BrN3O/c1-13-7-9-17(16(20)11-13)23-19(24)18-10-8-15(12-21-18)22-14-5-3-2-4-6-14/h7-12,14,22H,2-6H2,1H3,(H,23,24). The van der Waals surface area contributed by atoms with Gasteiger partial charge in [-0.2, -0.15) is 0 Å². The number of pyridine rings is 1. The molecule has 0 saturated heterocycles. The number of carbonyl (C=O) groups is 1. The maximum absolute atomic E-state index is 12.3. The van der Waals surface area contributed by atoms with Crippen LogP contribution < -0.4 is 10.6 Å². The third-order valence-electron chi connectivity index (χ3n) is 4.34. The highest BCUT2D eigenvalue weighted by Gasteiger charge is 2.14. The molecule has 0 unspecified atom stereocenters. The molecular formula is C19H22BrN3O. The van der Waals surface area contributed by atoms with E-state index in [-0.39, 0.29) is 5.91 Å². The summed E-state index contributed by atoms with van der Waals surface area (Å²) in [6, 6.07) is 10.0. The van der Waals surface area contributed by atoms with Crippen molar-refractivity contribution in [1.29, 1.82) is 0 Å². The first-order chi connectivity index (χ1) is 11.6. The molecule has 5 heteroatoms. The first-order valence-corrected chi connectivity index (χ1v) is 9.21. The smallest absolute Gasteiger partial charge is 0.274 e. The van der Waals surface area contributed by atoms with Crippen LogP contribution in [0.1, 0.15) is 48.2 Å². The highest BCUT2D eigenvalue weighted by atomic mass is 79.9. The van der Waals surface area contributed by atoms with E-state index in [1.165, 1.54) is 32.1 Å². The van der Waals surface area contributed by atoms with Gasteiger partial charge >= 0.3 is 0 Å². The maximum atomic E-state index is 12.3. The van der Waals surface area contributed by atoms with Crippen LogP contribution in [0, 0.1) is 6.92 Å². The lowest BCUT2D eigenvalue weighted by molar-refractivity contribution is 0.102. The van der Waals surface area contributed by atoms with E-state index in [0.717, 1.165) is 21.4 Å². The Morgan fingerprint density at radius 2 is 1.96 bits per heavy atom. The molecule has 1 aliphatic carbocycles. The quantitative estimate of drug-likeness (QED) is 0.762. The predicted octanol–water partition coefficient (Wildman–Crippen LogP) is 5.15. The van der Waals surface area contributed by atoms with Crippen LogP contribution in [0.2, 0.25) is 0 Å². The van der Waals surface area contributed by atoms with Crippen molar-refractivity contribution in [2.45, 2.75) is 45.1 Å². The van der Waals surface area contributed by atoms with E-state index in [1.807, 2.05) is 31.2 Å². The number of carbonyl (C=O) groups excluding carboxylic acids is 1. The number of anilines is 2. The highest BCUT2D eigenvalue weighted by molar-refractivity contribution is 9.10. The number of nitrogens with one attached hydrogen (secondary N) is 2. The number of aromatic nitrogens is 1. The molecule has 1 aromatic heterocycles. The van der Waals surface area contributed by atoms with Crippen molar-refractivity contribution in [2.24, 2.45) is 0 Å². The lowest BCUT2D eigenvalue weighted by Crippen LogP contribution is -2.22. The average molecular weight is 388 g/mol. The van der Waals surface area contributed by atoms with E-state index in [9.17, 15) is 4.79 Å². The fraction of sp³-hybridized carbons (Fsp3) is 0.368. The zero-order valence-corrected chi connectivity index (χ0v) is 15.4. The molecule has 3 rings (SSSR count). The van der Waals surface area contributed by atoms with Gasteiger partial charge in [0.15, 0.2) is 0 Å². The van der Waals surface area contributed by atoms with E-state index in [1.54, 1.807) is 12.3 Å². The lowest BCUT2D eigenvalue weighted by atomic mass is 9.95. The van der Waals surface area contributed by atoms with Crippen LogP contribution in [0.3, 0.4) is 0 Å². The summed E-state index contributed by atoms with van der Waals surface area (Å²) in [5.74, 6) is -0.205. The Balaban J connectivity index is 1.62. The normalized spacial score (nSPS) is 15.1. The summed E-state index contributed by atoms with van der Waals surface area (Å²) in [4.78, 5) is 16.6. The Bertz CT molecular complexity index is 709. The van der Waals surface area contributed by atoms with Crippen LogP contribution in [0.4, 0.5) is 11.4 Å². The fourth-order valence-electron chi connectivity index (χ4n) is 3.00. The van der Waals surface area contributed by atoms with Crippen LogP contribution >= 0.6 is 15.9 Å². The molecule has 0 spiro atoms. The molecule has 1 heterocycles. The number of hydrogen-bond acceptors (Lipinski definition) is 3. The Kier molecular flexibility index (Phi) is 5.51. The molecule has 2 N–H and O–H groups in total. The second-order valence-electron chi connectivity index (χ2n) is 6.35. The minimum absolute atomic E-state index is 0.205. The fourth-order valence-corrected chi connectivity index (χ4v) is 3.60. The van der Waals surface area contributed by atoms with Gasteiger partial charge in [0.2, 0.25) is 0 Å². The summed E-state index contributed by atoms with van der Waals surface area (Å²) in [6.07, 6.45) is 8.08. The van der Waals surface area contributed by atoms with Crippen molar-refractivity contribution in [3.63, 3.8) is 0 Å². The second-order valence-corrected chi connectivity index (χ2v) is 7.20. The van der Waals surface area contributed by atoms with Crippen LogP contribution in [0.5, 0.6) is 0 Å². The molecule has 1 saturated carbocycles. The molecule has 1 aliphatic rings. The molecule has 1 aromatic carbocycles. The van der Waals surface area contributed by atoms with E-state index in [2.05, 4.69) is 31.5 Å². The van der Waals surface area contributed by atoms with Gasteiger partial charge in [-0.05, 0) is 65.5 Å². The molecular weight excluding hydrogens is 366 g/mol. The number of nitrogens with zero attached hydrogens (tertiary/aromatic N) is 1. The summed E-state index contributed by atoms with van der Waals surface area (Å²) < 4.78 is 0.867. The SMILES string of the molecule is Cc1ccc(NC(=O)c2ccc(NC3CCCCC3)cn2)c(Br)c1. The van der Waals surface area contributed by atoms with Crippen LogP contribution in [0.25, 0.3) is 0 Å². The van der Waals surface area contributed by atoms with Crippen molar-refractivity contribution < 1.29 is 4.79 Å². The predicted molar refractivity (Wildman–Crippen MR) is 102 cm³/mol. The number of benzene rings is 1. The number of amides is 1. The van der Waals surface area contributed by atoms with Crippen molar-refractivity contribution in [3.8, 4) is 0 Å². The van der Waals surface area contributed by atoms with Gasteiger partial charge in [-0.15, -0.1) is 0 Å². The molecule has 1 amide bonds. The molecule has 1 fully saturated rings. The largest absolute Gasteiger partial charge is 0.381 e. The zero-order chi connectivity index (χ0) is 16.9. The van der Waals surface area contributed by atoms with Gasteiger partial charge in [0.05, 0.1) is 17.6 Å². The summed E-state index contributed by atoms with van der Waals surface area (Å²) in [5.41, 5.74) is 3.28. The van der Waals surface area contributed by atoms with Crippen LogP contribution in [0.15, 0.2) is 41.0 Å². The summed E-state index contributed by atoms with van der Waals surface area (Å²) in [6.45, 7) is 2.01. The van der Waals surface area contributed by atoms with Crippen molar-refractivity contribution in [1.82, 2.24) is 4.98 Å². The maximum Gasteiger partial charge on any atom is 0.274 e. The van der Waals surface area contributed by atoms with Gasteiger partial charge in [0, 0.05) is 10.5 Å². The molecule has 126 valence electrons. The number of rotatable bonds is 4. The van der Waals surface area contributed by atoms with Gasteiger partial charge in [-0.25, -0.2) is 4.98 Å².